The fraction of sp³-hybridized carbons (Fsp3) is 0.267. The Morgan fingerprint density at radius 2 is 1.90 bits per heavy atom. The highest BCUT2D eigenvalue weighted by Crippen LogP contribution is 2.17. The fourth-order valence-electron chi connectivity index (χ4n) is 1.75. The minimum absolute atomic E-state index is 0.0567. The molecule has 0 saturated heterocycles. The van der Waals surface area contributed by atoms with E-state index in [-0.39, 0.29) is 5.56 Å². The Hall–Kier alpha value is -1.59. The second-order valence-corrected chi connectivity index (χ2v) is 5.20. The van der Waals surface area contributed by atoms with E-state index in [0.29, 0.717) is 13.2 Å². The van der Waals surface area contributed by atoms with Gasteiger partial charge in [-0.1, -0.05) is 0 Å². The summed E-state index contributed by atoms with van der Waals surface area (Å²) >= 11 is 3.44. The van der Waals surface area contributed by atoms with E-state index in [0.717, 1.165) is 21.5 Å². The van der Waals surface area contributed by atoms with Crippen molar-refractivity contribution in [3.8, 4) is 11.4 Å². The molecule has 1 heterocycles. The summed E-state index contributed by atoms with van der Waals surface area (Å²) in [6.07, 6.45) is 1.78. The fourth-order valence-corrected chi connectivity index (χ4v) is 2.07. The smallest absolute Gasteiger partial charge is 0.255 e. The summed E-state index contributed by atoms with van der Waals surface area (Å²) in [6.45, 7) is 2.94. The molecule has 0 aliphatic carbocycles. The van der Waals surface area contributed by atoms with Crippen LogP contribution in [0.3, 0.4) is 0 Å². The highest BCUT2D eigenvalue weighted by Gasteiger charge is 2.04. The molecule has 106 valence electrons. The van der Waals surface area contributed by atoms with E-state index in [1.54, 1.807) is 23.9 Å². The summed E-state index contributed by atoms with van der Waals surface area (Å²) in [5.74, 6) is 0.755. The third kappa shape index (κ3) is 3.49. The van der Waals surface area contributed by atoms with Crippen LogP contribution in [-0.2, 0) is 4.74 Å². The second-order valence-electron chi connectivity index (χ2n) is 4.35. The molecule has 2 rings (SSSR count). The Balaban J connectivity index is 2.22. The Morgan fingerprint density at radius 1 is 1.20 bits per heavy atom. The van der Waals surface area contributed by atoms with Crippen molar-refractivity contribution in [3.05, 3.63) is 56.9 Å². The molecule has 2 aromatic rings. The van der Waals surface area contributed by atoms with Crippen molar-refractivity contribution in [1.29, 1.82) is 0 Å². The van der Waals surface area contributed by atoms with E-state index < -0.39 is 0 Å². The monoisotopic (exact) mass is 337 g/mol. The second kappa shape index (κ2) is 6.72. The molecule has 1 aromatic heterocycles. The Kier molecular flexibility index (Phi) is 4.98. The van der Waals surface area contributed by atoms with Crippen LogP contribution in [0.15, 0.2) is 45.8 Å². The van der Waals surface area contributed by atoms with Crippen molar-refractivity contribution in [2.75, 3.05) is 20.3 Å². The van der Waals surface area contributed by atoms with Gasteiger partial charge in [0.1, 0.15) is 12.4 Å². The van der Waals surface area contributed by atoms with Crippen LogP contribution in [-0.4, -0.2) is 24.9 Å². The van der Waals surface area contributed by atoms with E-state index in [4.69, 9.17) is 9.47 Å². The number of hydrogen-bond acceptors (Lipinski definition) is 3. The molecule has 0 aliphatic heterocycles. The molecule has 0 N–H and O–H groups in total. The van der Waals surface area contributed by atoms with Gasteiger partial charge in [-0.15, -0.1) is 0 Å². The Morgan fingerprint density at radius 3 is 2.55 bits per heavy atom. The van der Waals surface area contributed by atoms with Crippen LogP contribution in [0.25, 0.3) is 5.69 Å². The standard InChI is InChI=1S/C15H16BrNO3/c1-11-9-15(18)17(10-14(11)16)12-3-5-13(6-4-12)20-8-7-19-2/h3-6,9-10H,7-8H2,1-2H3. The van der Waals surface area contributed by atoms with E-state index in [2.05, 4.69) is 15.9 Å². The predicted molar refractivity (Wildman–Crippen MR) is 81.8 cm³/mol. The van der Waals surface area contributed by atoms with Gasteiger partial charge in [-0.25, -0.2) is 0 Å². The van der Waals surface area contributed by atoms with Gasteiger partial charge in [0, 0.05) is 29.5 Å². The van der Waals surface area contributed by atoms with E-state index in [9.17, 15) is 4.79 Å². The summed E-state index contributed by atoms with van der Waals surface area (Å²) in [4.78, 5) is 12.0. The van der Waals surface area contributed by atoms with Crippen molar-refractivity contribution in [2.24, 2.45) is 0 Å². The maximum absolute atomic E-state index is 12.0. The molecule has 0 aliphatic rings. The molecular formula is C15H16BrNO3. The summed E-state index contributed by atoms with van der Waals surface area (Å²) in [6, 6.07) is 8.99. The SMILES string of the molecule is COCCOc1ccc(-n2cc(Br)c(C)cc2=O)cc1. The van der Waals surface area contributed by atoms with Crippen LogP contribution in [0.5, 0.6) is 5.75 Å². The zero-order chi connectivity index (χ0) is 14.5. The molecule has 4 nitrogen and oxygen atoms in total. The minimum atomic E-state index is -0.0567. The average molecular weight is 338 g/mol. The van der Waals surface area contributed by atoms with Gasteiger partial charge in [0.2, 0.25) is 0 Å². The third-order valence-corrected chi connectivity index (χ3v) is 3.70. The maximum Gasteiger partial charge on any atom is 0.255 e. The summed E-state index contributed by atoms with van der Waals surface area (Å²) in [5, 5.41) is 0. The van der Waals surface area contributed by atoms with E-state index in [1.165, 1.54) is 0 Å². The zero-order valence-corrected chi connectivity index (χ0v) is 13.0. The molecule has 0 atom stereocenters. The van der Waals surface area contributed by atoms with Gasteiger partial charge in [0.15, 0.2) is 0 Å². The highest BCUT2D eigenvalue weighted by molar-refractivity contribution is 9.10. The molecule has 0 fully saturated rings. The number of halogens is 1. The van der Waals surface area contributed by atoms with Gasteiger partial charge in [-0.05, 0) is 52.7 Å². The lowest BCUT2D eigenvalue weighted by molar-refractivity contribution is 0.146. The lowest BCUT2D eigenvalue weighted by Crippen LogP contribution is -2.17. The Labute approximate surface area is 126 Å². The first kappa shape index (κ1) is 14.8. The maximum atomic E-state index is 12.0. The van der Waals surface area contributed by atoms with Crippen LogP contribution >= 0.6 is 15.9 Å². The number of nitrogens with zero attached hydrogens (tertiary/aromatic N) is 1. The van der Waals surface area contributed by atoms with Crippen LogP contribution in [0.2, 0.25) is 0 Å². The van der Waals surface area contributed by atoms with Crippen LogP contribution in [0.4, 0.5) is 0 Å². The van der Waals surface area contributed by atoms with E-state index >= 15 is 0 Å². The molecule has 0 unspecified atom stereocenters. The topological polar surface area (TPSA) is 40.5 Å². The van der Waals surface area contributed by atoms with Gasteiger partial charge < -0.3 is 9.47 Å². The van der Waals surface area contributed by atoms with E-state index in [1.807, 2.05) is 31.2 Å². The van der Waals surface area contributed by atoms with Gasteiger partial charge in [0.05, 0.1) is 6.61 Å². The third-order valence-electron chi connectivity index (χ3n) is 2.87. The van der Waals surface area contributed by atoms with Crippen LogP contribution < -0.4 is 10.3 Å². The normalized spacial score (nSPS) is 10.6. The van der Waals surface area contributed by atoms with Crippen LogP contribution in [0.1, 0.15) is 5.56 Å². The predicted octanol–water partition coefficient (Wildman–Crippen LogP) is 2.93. The molecule has 0 bridgehead atoms. The number of rotatable bonds is 5. The summed E-state index contributed by atoms with van der Waals surface area (Å²) in [7, 11) is 1.63. The van der Waals surface area contributed by atoms with Crippen LogP contribution in [0, 0.1) is 6.92 Å². The highest BCUT2D eigenvalue weighted by atomic mass is 79.9. The number of pyridine rings is 1. The first-order valence-corrected chi connectivity index (χ1v) is 7.02. The number of aromatic nitrogens is 1. The number of methoxy groups -OCH3 is 1. The number of aryl methyl sites for hydroxylation is 1. The van der Waals surface area contributed by atoms with Crippen molar-refractivity contribution in [2.45, 2.75) is 6.92 Å². The molecule has 20 heavy (non-hydrogen) atoms. The first-order chi connectivity index (χ1) is 9.61. The van der Waals surface area contributed by atoms with Crippen molar-refractivity contribution in [1.82, 2.24) is 4.57 Å². The molecule has 5 heteroatoms. The zero-order valence-electron chi connectivity index (χ0n) is 11.4. The van der Waals surface area contributed by atoms with Gasteiger partial charge in [-0.3, -0.25) is 9.36 Å². The van der Waals surface area contributed by atoms with Gasteiger partial charge in [0.25, 0.3) is 5.56 Å². The number of benzene rings is 1. The number of hydrogen-bond donors (Lipinski definition) is 0. The first-order valence-electron chi connectivity index (χ1n) is 6.23. The lowest BCUT2D eigenvalue weighted by Gasteiger charge is -2.09. The minimum Gasteiger partial charge on any atom is -0.491 e. The molecule has 1 aromatic carbocycles. The van der Waals surface area contributed by atoms with Crippen molar-refractivity contribution >= 4 is 15.9 Å². The van der Waals surface area contributed by atoms with Gasteiger partial charge in [-0.2, -0.15) is 0 Å². The van der Waals surface area contributed by atoms with Crippen molar-refractivity contribution in [3.63, 3.8) is 0 Å². The quantitative estimate of drug-likeness (QED) is 0.787. The largest absolute Gasteiger partial charge is 0.491 e. The molecule has 0 spiro atoms. The Bertz CT molecular complexity index is 635. The summed E-state index contributed by atoms with van der Waals surface area (Å²) < 4.78 is 12.9. The molecule has 0 radical (unpaired) electrons. The molecular weight excluding hydrogens is 322 g/mol. The van der Waals surface area contributed by atoms with Crippen molar-refractivity contribution < 1.29 is 9.47 Å². The molecule has 0 amide bonds. The van der Waals surface area contributed by atoms with Gasteiger partial charge >= 0.3 is 0 Å². The number of ether oxygens (including phenoxy) is 2. The lowest BCUT2D eigenvalue weighted by atomic mass is 10.2. The molecule has 0 saturated carbocycles. The summed E-state index contributed by atoms with van der Waals surface area (Å²) in [5.41, 5.74) is 1.67. The average Bonchev–Trinajstić information content (AvgIpc) is 2.44.